The molecule has 1 fully saturated rings. The topological polar surface area (TPSA) is 43.4 Å². The summed E-state index contributed by atoms with van der Waals surface area (Å²) in [6, 6.07) is 0. The van der Waals surface area contributed by atoms with Crippen molar-refractivity contribution in [3.05, 3.63) is 12.2 Å². The summed E-state index contributed by atoms with van der Waals surface area (Å²) in [5.74, 6) is -0.783. The Bertz CT molecular complexity index is 400. The number of carbonyl (C=O) groups is 2. The lowest BCUT2D eigenvalue weighted by atomic mass is 9.87. The second kappa shape index (κ2) is 14.1. The van der Waals surface area contributed by atoms with Gasteiger partial charge in [0.1, 0.15) is 0 Å². The number of hydrogen-bond acceptors (Lipinski definition) is 3. The summed E-state index contributed by atoms with van der Waals surface area (Å²) >= 11 is 0. The van der Waals surface area contributed by atoms with Gasteiger partial charge in [0.2, 0.25) is 0 Å². The molecule has 1 heterocycles. The van der Waals surface area contributed by atoms with Gasteiger partial charge in [-0.3, -0.25) is 9.59 Å². The highest BCUT2D eigenvalue weighted by molar-refractivity contribution is 5.94. The predicted octanol–water partition coefficient (Wildman–Crippen LogP) is 6.36. The number of ether oxygens (including phenoxy) is 1. The van der Waals surface area contributed by atoms with Crippen LogP contribution in [0.5, 0.6) is 0 Å². The zero-order chi connectivity index (χ0) is 18.3. The number of rotatable bonds is 15. The van der Waals surface area contributed by atoms with Gasteiger partial charge in [0.05, 0.1) is 12.3 Å². The second-order valence-electron chi connectivity index (χ2n) is 7.46. The average molecular weight is 351 g/mol. The van der Waals surface area contributed by atoms with E-state index in [1.54, 1.807) is 0 Å². The molecule has 0 aliphatic carbocycles. The molecule has 2 unspecified atom stereocenters. The van der Waals surface area contributed by atoms with E-state index in [-0.39, 0.29) is 30.2 Å². The maximum Gasteiger partial charge on any atom is 0.317 e. The summed E-state index contributed by atoms with van der Waals surface area (Å²) < 4.78 is 4.70. The van der Waals surface area contributed by atoms with Crippen LogP contribution in [0.4, 0.5) is 0 Å². The maximum atomic E-state index is 11.7. The van der Waals surface area contributed by atoms with Crippen LogP contribution in [-0.2, 0) is 14.3 Å². The van der Waals surface area contributed by atoms with Crippen LogP contribution in [0.15, 0.2) is 12.2 Å². The van der Waals surface area contributed by atoms with Gasteiger partial charge in [-0.15, -0.1) is 0 Å². The third-order valence-electron chi connectivity index (χ3n) is 5.15. The molecule has 3 nitrogen and oxygen atoms in total. The van der Waals surface area contributed by atoms with Crippen molar-refractivity contribution >= 4 is 11.9 Å². The Morgan fingerprint density at radius 1 is 0.920 bits per heavy atom. The standard InChI is InChI=1S/C22H38O3/c1-3-5-6-7-8-9-10-11-12-13-14-15-17-19(16-4-2)20-18-21(23)25-22(20)24/h15,17,19-20H,3-14,16,18H2,1-2H3/b17-15+. The zero-order valence-corrected chi connectivity index (χ0v) is 16.4. The van der Waals surface area contributed by atoms with Crippen molar-refractivity contribution in [2.45, 2.75) is 104 Å². The Morgan fingerprint density at radius 3 is 2.04 bits per heavy atom. The first-order chi connectivity index (χ1) is 12.2. The predicted molar refractivity (Wildman–Crippen MR) is 103 cm³/mol. The van der Waals surface area contributed by atoms with Crippen molar-refractivity contribution in [2.75, 3.05) is 0 Å². The van der Waals surface area contributed by atoms with Crippen molar-refractivity contribution < 1.29 is 14.3 Å². The monoisotopic (exact) mass is 350 g/mol. The van der Waals surface area contributed by atoms with E-state index in [2.05, 4.69) is 26.0 Å². The first-order valence-corrected chi connectivity index (χ1v) is 10.6. The lowest BCUT2D eigenvalue weighted by molar-refractivity contribution is -0.153. The van der Waals surface area contributed by atoms with Gasteiger partial charge >= 0.3 is 11.9 Å². The van der Waals surface area contributed by atoms with E-state index in [0.29, 0.717) is 0 Å². The first kappa shape index (κ1) is 21.9. The van der Waals surface area contributed by atoms with Crippen molar-refractivity contribution in [3.63, 3.8) is 0 Å². The van der Waals surface area contributed by atoms with E-state index in [0.717, 1.165) is 19.3 Å². The molecule has 0 bridgehead atoms. The third-order valence-corrected chi connectivity index (χ3v) is 5.15. The van der Waals surface area contributed by atoms with Gasteiger partial charge in [-0.25, -0.2) is 0 Å². The van der Waals surface area contributed by atoms with Gasteiger partial charge in [-0.2, -0.15) is 0 Å². The van der Waals surface area contributed by atoms with Crippen LogP contribution >= 0.6 is 0 Å². The molecule has 1 rings (SSSR count). The minimum absolute atomic E-state index is 0.159. The molecular formula is C22H38O3. The Hall–Kier alpha value is -1.12. The largest absolute Gasteiger partial charge is 0.393 e. The molecule has 0 amide bonds. The van der Waals surface area contributed by atoms with Crippen LogP contribution in [0.1, 0.15) is 104 Å². The van der Waals surface area contributed by atoms with Crippen molar-refractivity contribution in [1.29, 1.82) is 0 Å². The molecule has 1 aliphatic heterocycles. The molecule has 144 valence electrons. The summed E-state index contributed by atoms with van der Waals surface area (Å²) in [4.78, 5) is 23.0. The lowest BCUT2D eigenvalue weighted by Crippen LogP contribution is -2.17. The highest BCUT2D eigenvalue weighted by atomic mass is 16.6. The molecule has 2 atom stereocenters. The Kier molecular flexibility index (Phi) is 12.4. The molecule has 0 spiro atoms. The Balaban J connectivity index is 2.08. The van der Waals surface area contributed by atoms with Gasteiger partial charge in [-0.1, -0.05) is 90.2 Å². The Labute approximate surface area is 154 Å². The fourth-order valence-corrected chi connectivity index (χ4v) is 3.60. The molecule has 0 N–H and O–H groups in total. The van der Waals surface area contributed by atoms with E-state index in [4.69, 9.17) is 4.74 Å². The molecule has 25 heavy (non-hydrogen) atoms. The quantitative estimate of drug-likeness (QED) is 0.149. The van der Waals surface area contributed by atoms with E-state index >= 15 is 0 Å². The number of esters is 2. The number of carbonyl (C=O) groups excluding carboxylic acids is 2. The highest BCUT2D eigenvalue weighted by Crippen LogP contribution is 2.29. The summed E-state index contributed by atoms with van der Waals surface area (Å²) in [6.45, 7) is 4.38. The first-order valence-electron chi connectivity index (χ1n) is 10.6. The minimum atomic E-state index is -0.362. The van der Waals surface area contributed by atoms with Crippen molar-refractivity contribution in [3.8, 4) is 0 Å². The maximum absolute atomic E-state index is 11.7. The molecule has 0 aromatic carbocycles. The van der Waals surface area contributed by atoms with Crippen molar-refractivity contribution in [2.24, 2.45) is 11.8 Å². The molecule has 0 radical (unpaired) electrons. The summed E-state index contributed by atoms with van der Waals surface area (Å²) in [5, 5.41) is 0. The second-order valence-corrected chi connectivity index (χ2v) is 7.46. The lowest BCUT2D eigenvalue weighted by Gasteiger charge is -2.15. The summed E-state index contributed by atoms with van der Waals surface area (Å²) in [5.41, 5.74) is 0. The van der Waals surface area contributed by atoms with Gasteiger partial charge in [-0.05, 0) is 25.2 Å². The van der Waals surface area contributed by atoms with Crippen molar-refractivity contribution in [1.82, 2.24) is 0 Å². The number of allylic oxidation sites excluding steroid dienone is 2. The molecule has 3 heteroatoms. The smallest absolute Gasteiger partial charge is 0.317 e. The molecule has 0 aromatic rings. The van der Waals surface area contributed by atoms with E-state index in [1.807, 2.05) is 0 Å². The van der Waals surface area contributed by atoms with Crippen LogP contribution in [0.3, 0.4) is 0 Å². The zero-order valence-electron chi connectivity index (χ0n) is 16.4. The molecule has 1 aliphatic rings. The summed E-state index contributed by atoms with van der Waals surface area (Å²) in [6.07, 6.45) is 21.2. The molecule has 0 saturated carbocycles. The van der Waals surface area contributed by atoms with Crippen LogP contribution < -0.4 is 0 Å². The molecule has 1 saturated heterocycles. The molecule has 0 aromatic heterocycles. The normalized spacial score (nSPS) is 18.9. The molecular weight excluding hydrogens is 312 g/mol. The fraction of sp³-hybridized carbons (Fsp3) is 0.818. The number of unbranched alkanes of at least 4 members (excludes halogenated alkanes) is 10. The van der Waals surface area contributed by atoms with Gasteiger partial charge in [0, 0.05) is 0 Å². The van der Waals surface area contributed by atoms with Crippen LogP contribution in [-0.4, -0.2) is 11.9 Å². The average Bonchev–Trinajstić information content (AvgIpc) is 2.93. The number of cyclic esters (lactones) is 2. The van der Waals surface area contributed by atoms with Gasteiger partial charge in [0.15, 0.2) is 0 Å². The number of hydrogen-bond donors (Lipinski definition) is 0. The van der Waals surface area contributed by atoms with Crippen LogP contribution in [0, 0.1) is 11.8 Å². The van der Waals surface area contributed by atoms with E-state index in [9.17, 15) is 9.59 Å². The van der Waals surface area contributed by atoms with Crippen LogP contribution in [0.2, 0.25) is 0 Å². The van der Waals surface area contributed by atoms with Crippen LogP contribution in [0.25, 0.3) is 0 Å². The van der Waals surface area contributed by atoms with E-state index in [1.165, 1.54) is 64.2 Å². The SMILES string of the molecule is CCCCCCCCCCCC/C=C/C(CCC)C1CC(=O)OC1=O. The van der Waals surface area contributed by atoms with Gasteiger partial charge in [0.25, 0.3) is 0 Å². The fourth-order valence-electron chi connectivity index (χ4n) is 3.60. The third kappa shape index (κ3) is 9.81. The van der Waals surface area contributed by atoms with Gasteiger partial charge < -0.3 is 4.74 Å². The van der Waals surface area contributed by atoms with E-state index < -0.39 is 0 Å². The Morgan fingerprint density at radius 2 is 1.52 bits per heavy atom. The summed E-state index contributed by atoms with van der Waals surface area (Å²) in [7, 11) is 0. The minimum Gasteiger partial charge on any atom is -0.393 e. The highest BCUT2D eigenvalue weighted by Gasteiger charge is 2.37.